The van der Waals surface area contributed by atoms with Gasteiger partial charge in [-0.2, -0.15) is 0 Å². The van der Waals surface area contributed by atoms with Crippen LogP contribution >= 0.6 is 0 Å². The molecule has 3 rings (SSSR count). The van der Waals surface area contributed by atoms with Gasteiger partial charge in [-0.15, -0.1) is 13.2 Å². The third-order valence-corrected chi connectivity index (χ3v) is 2.75. The van der Waals surface area contributed by atoms with Gasteiger partial charge in [-0.05, 0) is 36.4 Å². The van der Waals surface area contributed by atoms with Gasteiger partial charge in [0.25, 0.3) is 0 Å². The lowest BCUT2D eigenvalue weighted by Crippen LogP contribution is -2.16. The molecule has 0 unspecified atom stereocenters. The maximum absolute atomic E-state index is 12.1. The molecule has 0 aliphatic rings. The summed E-state index contributed by atoms with van der Waals surface area (Å²) in [6.07, 6.45) is -1.01. The minimum atomic E-state index is -4.68. The first kappa shape index (κ1) is 12.5. The van der Waals surface area contributed by atoms with Gasteiger partial charge in [0.1, 0.15) is 11.4 Å². The lowest BCUT2D eigenvalue weighted by molar-refractivity contribution is -0.274. The van der Waals surface area contributed by atoms with Crippen LogP contribution in [0.3, 0.4) is 0 Å². The summed E-state index contributed by atoms with van der Waals surface area (Å²) in [6, 6.07) is 11.2. The number of aromatic nitrogens is 2. The van der Waals surface area contributed by atoms with Gasteiger partial charge in [0.05, 0.1) is 5.69 Å². The van der Waals surface area contributed by atoms with E-state index in [0.717, 1.165) is 11.2 Å². The van der Waals surface area contributed by atoms with Crippen molar-refractivity contribution >= 4 is 5.65 Å². The molecule has 102 valence electrons. The highest BCUT2D eigenvalue weighted by atomic mass is 19.4. The van der Waals surface area contributed by atoms with Gasteiger partial charge in [-0.3, -0.25) is 0 Å². The number of halogens is 3. The molecule has 1 aromatic carbocycles. The fourth-order valence-electron chi connectivity index (χ4n) is 1.90. The Morgan fingerprint density at radius 2 is 1.75 bits per heavy atom. The Morgan fingerprint density at radius 1 is 1.00 bits per heavy atom. The van der Waals surface area contributed by atoms with Crippen molar-refractivity contribution in [1.29, 1.82) is 0 Å². The van der Waals surface area contributed by atoms with Crippen LogP contribution in [0.4, 0.5) is 13.2 Å². The standard InChI is InChI=1S/C14H9F3N2O/c15-14(16,17)20-11-6-4-10(5-7-11)12-9-19-8-2-1-3-13(19)18-12/h1-9H. The van der Waals surface area contributed by atoms with Crippen LogP contribution < -0.4 is 4.74 Å². The predicted molar refractivity (Wildman–Crippen MR) is 67.3 cm³/mol. The van der Waals surface area contributed by atoms with Gasteiger partial charge in [0.2, 0.25) is 0 Å². The second-order valence-corrected chi connectivity index (χ2v) is 4.16. The number of alkyl halides is 3. The molecular weight excluding hydrogens is 269 g/mol. The van der Waals surface area contributed by atoms with Crippen molar-refractivity contribution in [2.75, 3.05) is 0 Å². The lowest BCUT2D eigenvalue weighted by Gasteiger charge is -2.08. The first-order chi connectivity index (χ1) is 9.51. The number of nitrogens with zero attached hydrogens (tertiary/aromatic N) is 2. The number of benzene rings is 1. The van der Waals surface area contributed by atoms with E-state index >= 15 is 0 Å². The predicted octanol–water partition coefficient (Wildman–Crippen LogP) is 3.90. The molecule has 3 nitrogen and oxygen atoms in total. The van der Waals surface area contributed by atoms with Crippen molar-refractivity contribution < 1.29 is 17.9 Å². The van der Waals surface area contributed by atoms with E-state index in [1.54, 1.807) is 12.1 Å². The Hall–Kier alpha value is -2.50. The summed E-state index contributed by atoms with van der Waals surface area (Å²) < 4.78 is 41.9. The molecule has 0 saturated carbocycles. The molecule has 0 N–H and O–H groups in total. The van der Waals surface area contributed by atoms with Crippen LogP contribution in [0, 0.1) is 0 Å². The van der Waals surface area contributed by atoms with Crippen molar-refractivity contribution in [3.8, 4) is 17.0 Å². The van der Waals surface area contributed by atoms with E-state index in [-0.39, 0.29) is 5.75 Å². The van der Waals surface area contributed by atoms with Gasteiger partial charge in [0, 0.05) is 18.0 Å². The zero-order chi connectivity index (χ0) is 14.2. The van der Waals surface area contributed by atoms with E-state index in [1.165, 1.54) is 12.1 Å². The number of imidazole rings is 1. The topological polar surface area (TPSA) is 26.5 Å². The molecule has 0 aliphatic heterocycles. The number of rotatable bonds is 2. The number of hydrogen-bond donors (Lipinski definition) is 0. The molecule has 0 spiro atoms. The van der Waals surface area contributed by atoms with Crippen LogP contribution in [0.25, 0.3) is 16.9 Å². The number of fused-ring (bicyclic) bond motifs is 1. The van der Waals surface area contributed by atoms with Crippen molar-refractivity contribution in [3.05, 3.63) is 54.9 Å². The van der Waals surface area contributed by atoms with Gasteiger partial charge in [-0.25, -0.2) is 4.98 Å². The Morgan fingerprint density at radius 3 is 2.40 bits per heavy atom. The Kier molecular flexibility index (Phi) is 2.85. The molecule has 3 aromatic rings. The van der Waals surface area contributed by atoms with Crippen LogP contribution in [0.5, 0.6) is 5.75 Å². The van der Waals surface area contributed by atoms with E-state index in [0.29, 0.717) is 5.69 Å². The molecule has 2 aromatic heterocycles. The summed E-state index contributed by atoms with van der Waals surface area (Å²) >= 11 is 0. The Balaban J connectivity index is 1.90. The SMILES string of the molecule is FC(F)(F)Oc1ccc(-c2cn3ccccc3n2)cc1. The highest BCUT2D eigenvalue weighted by molar-refractivity contribution is 5.63. The molecule has 0 radical (unpaired) electrons. The maximum Gasteiger partial charge on any atom is 0.573 e. The zero-order valence-corrected chi connectivity index (χ0v) is 10.1. The molecule has 0 bridgehead atoms. The first-order valence-electron chi connectivity index (χ1n) is 5.81. The normalized spacial score (nSPS) is 11.8. The summed E-state index contributed by atoms with van der Waals surface area (Å²) in [6.45, 7) is 0. The highest BCUT2D eigenvalue weighted by Crippen LogP contribution is 2.26. The van der Waals surface area contributed by atoms with E-state index < -0.39 is 6.36 Å². The molecule has 0 fully saturated rings. The van der Waals surface area contributed by atoms with E-state index in [9.17, 15) is 13.2 Å². The number of hydrogen-bond acceptors (Lipinski definition) is 2. The first-order valence-corrected chi connectivity index (χ1v) is 5.81. The van der Waals surface area contributed by atoms with Gasteiger partial charge < -0.3 is 9.14 Å². The fourth-order valence-corrected chi connectivity index (χ4v) is 1.90. The summed E-state index contributed by atoms with van der Waals surface area (Å²) in [5.41, 5.74) is 2.19. The van der Waals surface area contributed by atoms with Crippen LogP contribution in [0.15, 0.2) is 54.9 Å². The molecule has 0 amide bonds. The molecule has 0 atom stereocenters. The quantitative estimate of drug-likeness (QED) is 0.710. The third kappa shape index (κ3) is 2.59. The average Bonchev–Trinajstić information content (AvgIpc) is 2.81. The fraction of sp³-hybridized carbons (Fsp3) is 0.0714. The van der Waals surface area contributed by atoms with Crippen molar-refractivity contribution in [2.45, 2.75) is 6.36 Å². The largest absolute Gasteiger partial charge is 0.573 e. The monoisotopic (exact) mass is 278 g/mol. The van der Waals surface area contributed by atoms with Crippen LogP contribution in [-0.4, -0.2) is 15.7 Å². The molecule has 20 heavy (non-hydrogen) atoms. The van der Waals surface area contributed by atoms with E-state index in [1.807, 2.05) is 35.0 Å². The number of pyridine rings is 1. The van der Waals surface area contributed by atoms with Gasteiger partial charge in [-0.1, -0.05) is 6.07 Å². The Labute approximate surface area is 112 Å². The molecular formula is C14H9F3N2O. The molecule has 0 saturated heterocycles. The van der Waals surface area contributed by atoms with Gasteiger partial charge in [0.15, 0.2) is 0 Å². The zero-order valence-electron chi connectivity index (χ0n) is 10.1. The average molecular weight is 278 g/mol. The second-order valence-electron chi connectivity index (χ2n) is 4.16. The number of ether oxygens (including phenoxy) is 1. The third-order valence-electron chi connectivity index (χ3n) is 2.75. The summed E-state index contributed by atoms with van der Waals surface area (Å²) in [4.78, 5) is 4.39. The summed E-state index contributed by atoms with van der Waals surface area (Å²) in [5, 5.41) is 0. The minimum absolute atomic E-state index is 0.245. The maximum atomic E-state index is 12.1. The van der Waals surface area contributed by atoms with Crippen LogP contribution in [0.1, 0.15) is 0 Å². The summed E-state index contributed by atoms with van der Waals surface area (Å²) in [5.74, 6) is -0.245. The molecule has 6 heteroatoms. The van der Waals surface area contributed by atoms with Crippen LogP contribution in [0.2, 0.25) is 0 Å². The highest BCUT2D eigenvalue weighted by Gasteiger charge is 2.30. The van der Waals surface area contributed by atoms with Crippen molar-refractivity contribution in [3.63, 3.8) is 0 Å². The minimum Gasteiger partial charge on any atom is -0.406 e. The van der Waals surface area contributed by atoms with Crippen molar-refractivity contribution in [1.82, 2.24) is 9.38 Å². The second kappa shape index (κ2) is 4.56. The lowest BCUT2D eigenvalue weighted by atomic mass is 10.2. The summed E-state index contributed by atoms with van der Waals surface area (Å²) in [7, 11) is 0. The molecule has 2 heterocycles. The van der Waals surface area contributed by atoms with Crippen molar-refractivity contribution in [2.24, 2.45) is 0 Å². The van der Waals surface area contributed by atoms with Crippen LogP contribution in [-0.2, 0) is 0 Å². The Bertz CT molecular complexity index is 699. The van der Waals surface area contributed by atoms with E-state index in [2.05, 4.69) is 9.72 Å². The van der Waals surface area contributed by atoms with Gasteiger partial charge >= 0.3 is 6.36 Å². The molecule has 0 aliphatic carbocycles. The van der Waals surface area contributed by atoms with E-state index in [4.69, 9.17) is 0 Å². The smallest absolute Gasteiger partial charge is 0.406 e.